The van der Waals surface area contributed by atoms with Gasteiger partial charge < -0.3 is 24.4 Å². The molecule has 2 fully saturated rings. The Labute approximate surface area is 316 Å². The zero-order chi connectivity index (χ0) is 36.5. The second kappa shape index (κ2) is 15.3. The molecule has 15 heteroatoms. The molecular weight excluding hydrogens is 721 g/mol. The summed E-state index contributed by atoms with van der Waals surface area (Å²) in [5.74, 6) is 1.01. The molecule has 0 bridgehead atoms. The van der Waals surface area contributed by atoms with E-state index in [-0.39, 0.29) is 34.0 Å². The summed E-state index contributed by atoms with van der Waals surface area (Å²) in [7, 11) is 5.35. The molecule has 0 aliphatic carbocycles. The number of pyridine rings is 1. The van der Waals surface area contributed by atoms with Crippen LogP contribution in [-0.4, -0.2) is 93.8 Å². The predicted molar refractivity (Wildman–Crippen MR) is 210 cm³/mol. The molecule has 2 unspecified atom stereocenters. The van der Waals surface area contributed by atoms with Crippen LogP contribution in [0.1, 0.15) is 17.9 Å². The number of halogens is 2. The molecule has 0 radical (unpaired) electrons. The van der Waals surface area contributed by atoms with Crippen molar-refractivity contribution in [2.75, 3.05) is 68.5 Å². The molecule has 2 atom stereocenters. The number of anilines is 4. The molecule has 1 N–H and O–H groups in total. The molecular formula is C37H39Cl2N9O3S. The van der Waals surface area contributed by atoms with E-state index >= 15 is 0 Å². The highest BCUT2D eigenvalue weighted by atomic mass is 35.5. The second-order valence-electron chi connectivity index (χ2n) is 12.9. The fourth-order valence-electron chi connectivity index (χ4n) is 6.39. The number of fused-ring (bicyclic) bond motifs is 1. The summed E-state index contributed by atoms with van der Waals surface area (Å²) in [4.78, 5) is 48.8. The van der Waals surface area contributed by atoms with Crippen LogP contribution in [0.4, 0.5) is 23.3 Å². The lowest BCUT2D eigenvalue weighted by Gasteiger charge is -2.34. The largest absolute Gasteiger partial charge is 0.423 e. The number of hydrogen-bond donors (Lipinski definition) is 1. The Morgan fingerprint density at radius 1 is 0.904 bits per heavy atom. The van der Waals surface area contributed by atoms with Crippen molar-refractivity contribution < 1.29 is 9.53 Å². The molecule has 4 heterocycles. The number of amides is 1. The zero-order valence-electron chi connectivity index (χ0n) is 29.3. The molecule has 52 heavy (non-hydrogen) atoms. The van der Waals surface area contributed by atoms with Crippen molar-refractivity contribution in [2.24, 2.45) is 7.05 Å². The van der Waals surface area contributed by atoms with Gasteiger partial charge in [-0.25, -0.2) is 0 Å². The molecule has 0 spiro atoms. The van der Waals surface area contributed by atoms with Gasteiger partial charge in [-0.1, -0.05) is 48.3 Å². The quantitative estimate of drug-likeness (QED) is 0.170. The van der Waals surface area contributed by atoms with Crippen molar-refractivity contribution in [3.63, 3.8) is 0 Å². The minimum atomic E-state index is -0.278. The summed E-state index contributed by atoms with van der Waals surface area (Å²) in [5, 5.41) is 4.41. The molecule has 2 aliphatic rings. The Kier molecular flexibility index (Phi) is 10.6. The molecule has 2 aliphatic heterocycles. The summed E-state index contributed by atoms with van der Waals surface area (Å²) in [6.07, 6.45) is 0. The van der Waals surface area contributed by atoms with Crippen LogP contribution in [0.25, 0.3) is 10.9 Å². The fraction of sp³-hybridized carbons (Fsp3) is 0.324. The average molecular weight is 761 g/mol. The van der Waals surface area contributed by atoms with Gasteiger partial charge in [0.25, 0.3) is 5.56 Å². The van der Waals surface area contributed by atoms with Gasteiger partial charge in [-0.05, 0) is 60.6 Å². The third kappa shape index (κ3) is 7.55. The van der Waals surface area contributed by atoms with Crippen LogP contribution >= 0.6 is 35.0 Å². The highest BCUT2D eigenvalue weighted by molar-refractivity contribution is 8.01. The van der Waals surface area contributed by atoms with Gasteiger partial charge in [-0.3, -0.25) is 19.4 Å². The number of aryl methyl sites for hydroxylation is 1. The number of piperazine rings is 1. The minimum Gasteiger partial charge on any atom is -0.423 e. The van der Waals surface area contributed by atoms with Gasteiger partial charge in [0.05, 0.1) is 20.8 Å². The third-order valence-electron chi connectivity index (χ3n) is 9.33. The average Bonchev–Trinajstić information content (AvgIpc) is 3.47. The number of hydrogen-bond acceptors (Lipinski definition) is 11. The van der Waals surface area contributed by atoms with Gasteiger partial charge >= 0.3 is 6.01 Å². The third-order valence-corrected chi connectivity index (χ3v) is 11.5. The van der Waals surface area contributed by atoms with E-state index in [0.29, 0.717) is 34.0 Å². The lowest BCUT2D eigenvalue weighted by atomic mass is 10.1. The molecule has 270 valence electrons. The molecule has 5 aromatic rings. The first-order valence-corrected chi connectivity index (χ1v) is 18.7. The van der Waals surface area contributed by atoms with E-state index in [2.05, 4.69) is 37.0 Å². The summed E-state index contributed by atoms with van der Waals surface area (Å²) < 4.78 is 7.69. The molecule has 1 amide bonds. The number of thioether (sulfide) groups is 1. The molecule has 12 nitrogen and oxygen atoms in total. The summed E-state index contributed by atoms with van der Waals surface area (Å²) in [5.41, 5.74) is 2.87. The number of para-hydroxylation sites is 1. The van der Waals surface area contributed by atoms with Crippen molar-refractivity contribution in [1.29, 1.82) is 0 Å². The smallest absolute Gasteiger partial charge is 0.328 e. The van der Waals surface area contributed by atoms with Gasteiger partial charge in [-0.2, -0.15) is 15.0 Å². The summed E-state index contributed by atoms with van der Waals surface area (Å²) in [6.45, 7) is 7.79. The Morgan fingerprint density at radius 3 is 2.35 bits per heavy atom. The topological polar surface area (TPSA) is 112 Å². The Morgan fingerprint density at radius 2 is 1.63 bits per heavy atom. The summed E-state index contributed by atoms with van der Waals surface area (Å²) >= 11 is 14.4. The van der Waals surface area contributed by atoms with Crippen LogP contribution in [0.5, 0.6) is 11.8 Å². The monoisotopic (exact) mass is 759 g/mol. The number of ether oxygens (including phenoxy) is 1. The number of likely N-dealkylation sites (N-methyl/N-ethyl adjacent to an activating group) is 1. The maximum atomic E-state index is 14.1. The number of benzene rings is 3. The van der Waals surface area contributed by atoms with E-state index in [9.17, 15) is 9.59 Å². The SMILES string of the molecule is CCN1CCN(CC2SC(c3ccc(Cl)c(Cl)c3)N(c3ccc(Nc4nc(Oc5cc(=O)n(C)c6ccccc56)nc(N(C)C)n4)cc3)C2=O)CC1. The number of carbonyl (C=O) groups is 1. The number of aromatic nitrogens is 4. The number of carbonyl (C=O) groups excluding carboxylic acids is 1. The molecule has 7 rings (SSSR count). The lowest BCUT2D eigenvalue weighted by molar-refractivity contribution is -0.118. The van der Waals surface area contributed by atoms with Crippen molar-refractivity contribution >= 4 is 75.0 Å². The van der Waals surface area contributed by atoms with Crippen molar-refractivity contribution in [1.82, 2.24) is 29.3 Å². The van der Waals surface area contributed by atoms with Gasteiger partial charge in [0.1, 0.15) is 11.1 Å². The van der Waals surface area contributed by atoms with E-state index < -0.39 is 0 Å². The predicted octanol–water partition coefficient (Wildman–Crippen LogP) is 6.42. The molecule has 2 aromatic heterocycles. The standard InChI is InChI=1S/C37H39Cl2N9O3S/c1-5-46-16-18-47(19-17-46)22-31-33(50)48(34(52-31)23-10-15-27(38)28(39)20-23)25-13-11-24(12-14-25)40-35-41-36(44(2)3)43-37(42-35)51-30-21-32(49)45(4)29-9-7-6-8-26(29)30/h6-15,20-21,31,34H,5,16-19,22H2,1-4H3,(H,40,41,42,43). The number of nitrogens with one attached hydrogen (secondary N) is 1. The van der Waals surface area contributed by atoms with Crippen LogP contribution in [0.2, 0.25) is 10.0 Å². The van der Waals surface area contributed by atoms with Gasteiger partial charge in [0.15, 0.2) is 0 Å². The Balaban J connectivity index is 1.14. The first kappa shape index (κ1) is 36.0. The normalized spacial score (nSPS) is 18.3. The van der Waals surface area contributed by atoms with E-state index in [0.717, 1.165) is 54.9 Å². The van der Waals surface area contributed by atoms with Crippen LogP contribution < -0.4 is 25.4 Å². The van der Waals surface area contributed by atoms with Crippen LogP contribution in [0, 0.1) is 0 Å². The van der Waals surface area contributed by atoms with Crippen molar-refractivity contribution in [2.45, 2.75) is 17.5 Å². The molecule has 2 saturated heterocycles. The van der Waals surface area contributed by atoms with E-state index in [1.807, 2.05) is 79.7 Å². The van der Waals surface area contributed by atoms with Crippen molar-refractivity contribution in [3.05, 3.63) is 98.8 Å². The Bertz CT molecular complexity index is 2160. The zero-order valence-corrected chi connectivity index (χ0v) is 31.6. The second-order valence-corrected chi connectivity index (χ2v) is 15.0. The maximum absolute atomic E-state index is 14.1. The first-order valence-electron chi connectivity index (χ1n) is 17.0. The maximum Gasteiger partial charge on any atom is 0.328 e. The minimum absolute atomic E-state index is 0.0301. The Hall–Kier alpha value is -4.40. The van der Waals surface area contributed by atoms with E-state index in [1.165, 1.54) is 6.07 Å². The highest BCUT2D eigenvalue weighted by Crippen LogP contribution is 2.47. The van der Waals surface area contributed by atoms with E-state index in [1.54, 1.807) is 34.3 Å². The van der Waals surface area contributed by atoms with Crippen LogP contribution in [0.15, 0.2) is 77.6 Å². The summed E-state index contributed by atoms with van der Waals surface area (Å²) in [6, 6.07) is 22.1. The highest BCUT2D eigenvalue weighted by Gasteiger charge is 2.43. The first-order chi connectivity index (χ1) is 25.1. The van der Waals surface area contributed by atoms with Gasteiger partial charge in [0.2, 0.25) is 17.8 Å². The molecule has 0 saturated carbocycles. The van der Waals surface area contributed by atoms with Crippen LogP contribution in [0.3, 0.4) is 0 Å². The van der Waals surface area contributed by atoms with E-state index in [4.69, 9.17) is 27.9 Å². The number of rotatable bonds is 10. The fourth-order valence-corrected chi connectivity index (χ4v) is 8.19. The lowest BCUT2D eigenvalue weighted by Crippen LogP contribution is -2.49. The molecule has 3 aromatic carbocycles. The van der Waals surface area contributed by atoms with Gasteiger partial charge in [0, 0.05) is 76.7 Å². The van der Waals surface area contributed by atoms with Crippen LogP contribution in [-0.2, 0) is 11.8 Å². The van der Waals surface area contributed by atoms with Gasteiger partial charge in [-0.15, -0.1) is 11.8 Å². The van der Waals surface area contributed by atoms with Crippen molar-refractivity contribution in [3.8, 4) is 11.8 Å². The number of nitrogens with zero attached hydrogens (tertiary/aromatic N) is 8.